The molecule has 0 atom stereocenters. The monoisotopic (exact) mass is 314 g/mol. The molecule has 0 aliphatic rings. The normalized spacial score (nSPS) is 11.2. The van der Waals surface area contributed by atoms with Gasteiger partial charge in [-0.25, -0.2) is 21.9 Å². The molecule has 20 heavy (non-hydrogen) atoms. The van der Waals surface area contributed by atoms with Gasteiger partial charge in [0.05, 0.1) is 0 Å². The van der Waals surface area contributed by atoms with Gasteiger partial charge in [0.2, 0.25) is 10.0 Å². The third-order valence-corrected chi connectivity index (χ3v) is 5.31. The van der Waals surface area contributed by atoms with Gasteiger partial charge in [0.1, 0.15) is 26.8 Å². The predicted octanol–water partition coefficient (Wildman–Crippen LogP) is 2.38. The van der Waals surface area contributed by atoms with E-state index in [2.05, 4.69) is 4.72 Å². The van der Waals surface area contributed by atoms with Crippen molar-refractivity contribution < 1.29 is 17.2 Å². The fraction of sp³-hybridized carbons (Fsp3) is 0.0833. The van der Waals surface area contributed by atoms with Crippen LogP contribution >= 0.6 is 11.3 Å². The molecule has 1 aromatic carbocycles. The average Bonchev–Trinajstić information content (AvgIpc) is 2.87. The first-order chi connectivity index (χ1) is 9.42. The quantitative estimate of drug-likeness (QED) is 0.942. The van der Waals surface area contributed by atoms with Crippen LogP contribution in [-0.2, 0) is 16.6 Å². The summed E-state index contributed by atoms with van der Waals surface area (Å²) in [5.74, 6) is -1.55. The van der Waals surface area contributed by atoms with Gasteiger partial charge in [0.15, 0.2) is 0 Å². The number of nitriles is 1. The number of thiophene rings is 1. The van der Waals surface area contributed by atoms with Crippen LogP contribution in [0.5, 0.6) is 0 Å². The van der Waals surface area contributed by atoms with Gasteiger partial charge in [-0.1, -0.05) is 6.07 Å². The van der Waals surface area contributed by atoms with E-state index in [4.69, 9.17) is 5.26 Å². The van der Waals surface area contributed by atoms with E-state index in [-0.39, 0.29) is 21.2 Å². The third kappa shape index (κ3) is 3.19. The van der Waals surface area contributed by atoms with E-state index in [1.54, 1.807) is 0 Å². The molecule has 0 saturated carbocycles. The highest BCUT2D eigenvalue weighted by Crippen LogP contribution is 2.21. The second kappa shape index (κ2) is 5.66. The van der Waals surface area contributed by atoms with Crippen LogP contribution in [0.2, 0.25) is 0 Å². The molecule has 0 aliphatic heterocycles. The second-order valence-electron chi connectivity index (χ2n) is 3.79. The zero-order valence-corrected chi connectivity index (χ0v) is 11.6. The van der Waals surface area contributed by atoms with E-state index in [9.17, 15) is 17.2 Å². The number of hydrogen-bond donors (Lipinski definition) is 1. The Morgan fingerprint density at radius 2 is 2.00 bits per heavy atom. The number of halogens is 2. The summed E-state index contributed by atoms with van der Waals surface area (Å²) in [5, 5.41) is 8.65. The minimum atomic E-state index is -3.82. The van der Waals surface area contributed by atoms with Crippen molar-refractivity contribution in [2.45, 2.75) is 10.8 Å². The molecule has 0 aliphatic carbocycles. The fourth-order valence-corrected chi connectivity index (χ4v) is 3.59. The van der Waals surface area contributed by atoms with Crippen molar-refractivity contribution in [3.8, 4) is 6.07 Å². The number of rotatable bonds is 4. The minimum Gasteiger partial charge on any atom is -0.207 e. The van der Waals surface area contributed by atoms with Gasteiger partial charge in [-0.3, -0.25) is 0 Å². The van der Waals surface area contributed by atoms with Crippen molar-refractivity contribution in [3.05, 3.63) is 52.4 Å². The Bertz CT molecular complexity index is 779. The zero-order valence-electron chi connectivity index (χ0n) is 9.93. The van der Waals surface area contributed by atoms with Gasteiger partial charge in [0.25, 0.3) is 0 Å². The molecule has 0 amide bonds. The molecule has 8 heteroatoms. The van der Waals surface area contributed by atoms with Crippen LogP contribution in [0.4, 0.5) is 8.78 Å². The van der Waals surface area contributed by atoms with Crippen LogP contribution < -0.4 is 4.72 Å². The summed E-state index contributed by atoms with van der Waals surface area (Å²) in [6, 6.07) is 7.42. The van der Waals surface area contributed by atoms with Crippen LogP contribution in [-0.4, -0.2) is 8.42 Å². The van der Waals surface area contributed by atoms with Gasteiger partial charge >= 0.3 is 0 Å². The molecule has 0 radical (unpaired) electrons. The van der Waals surface area contributed by atoms with E-state index in [1.807, 2.05) is 6.07 Å². The standard InChI is InChI=1S/C12H8F2N2O2S2/c13-9-2-1-8(11(14)5-9)7-16-20(17,18)12-4-3-10(6-15)19-12/h1-5,16H,7H2. The van der Waals surface area contributed by atoms with Crippen LogP contribution in [0.25, 0.3) is 0 Å². The van der Waals surface area contributed by atoms with Crippen LogP contribution in [0.3, 0.4) is 0 Å². The lowest BCUT2D eigenvalue weighted by Crippen LogP contribution is -2.22. The lowest BCUT2D eigenvalue weighted by atomic mass is 10.2. The Kier molecular flexibility index (Phi) is 4.13. The highest BCUT2D eigenvalue weighted by molar-refractivity contribution is 7.91. The minimum absolute atomic E-state index is 0.0310. The zero-order chi connectivity index (χ0) is 14.8. The summed E-state index contributed by atoms with van der Waals surface area (Å²) >= 11 is 0.816. The molecule has 0 saturated heterocycles. The van der Waals surface area contributed by atoms with Gasteiger partial charge < -0.3 is 0 Å². The average molecular weight is 314 g/mol. The maximum Gasteiger partial charge on any atom is 0.250 e. The van der Waals surface area contributed by atoms with Crippen molar-refractivity contribution in [1.82, 2.24) is 4.72 Å². The number of hydrogen-bond acceptors (Lipinski definition) is 4. The summed E-state index contributed by atoms with van der Waals surface area (Å²) in [6.07, 6.45) is 0. The third-order valence-electron chi connectivity index (χ3n) is 2.42. The van der Waals surface area contributed by atoms with Gasteiger partial charge in [0, 0.05) is 18.2 Å². The number of nitrogens with zero attached hydrogens (tertiary/aromatic N) is 1. The molecule has 0 fully saturated rings. The van der Waals surface area contributed by atoms with E-state index in [0.717, 1.165) is 17.4 Å². The SMILES string of the molecule is N#Cc1ccc(S(=O)(=O)NCc2ccc(F)cc2F)s1. The second-order valence-corrected chi connectivity index (χ2v) is 6.87. The molecule has 0 spiro atoms. The highest BCUT2D eigenvalue weighted by atomic mass is 32.2. The summed E-state index contributed by atoms with van der Waals surface area (Å²) in [4.78, 5) is 0.262. The Hall–Kier alpha value is -1.82. The Morgan fingerprint density at radius 1 is 1.25 bits per heavy atom. The largest absolute Gasteiger partial charge is 0.250 e. The number of sulfonamides is 1. The van der Waals surface area contributed by atoms with Crippen molar-refractivity contribution >= 4 is 21.4 Å². The first kappa shape index (κ1) is 14.6. The van der Waals surface area contributed by atoms with E-state index in [0.29, 0.717) is 6.07 Å². The van der Waals surface area contributed by atoms with Crippen molar-refractivity contribution in [3.63, 3.8) is 0 Å². The molecule has 2 rings (SSSR count). The Labute approximate surface area is 118 Å². The topological polar surface area (TPSA) is 70.0 Å². The van der Waals surface area contributed by atoms with Gasteiger partial charge in [-0.2, -0.15) is 5.26 Å². The summed E-state index contributed by atoms with van der Waals surface area (Å²) < 4.78 is 52.1. The van der Waals surface area contributed by atoms with Crippen LogP contribution in [0, 0.1) is 23.0 Å². The van der Waals surface area contributed by atoms with Crippen LogP contribution in [0.1, 0.15) is 10.4 Å². The lowest BCUT2D eigenvalue weighted by molar-refractivity contribution is 0.563. The Morgan fingerprint density at radius 3 is 2.60 bits per heavy atom. The summed E-state index contributed by atoms with van der Waals surface area (Å²) in [7, 11) is -3.82. The van der Waals surface area contributed by atoms with Crippen molar-refractivity contribution in [2.24, 2.45) is 0 Å². The Balaban J connectivity index is 2.15. The number of benzene rings is 1. The lowest BCUT2D eigenvalue weighted by Gasteiger charge is -2.06. The van der Waals surface area contributed by atoms with Crippen LogP contribution in [0.15, 0.2) is 34.5 Å². The molecule has 1 heterocycles. The smallest absolute Gasteiger partial charge is 0.207 e. The molecule has 4 nitrogen and oxygen atoms in total. The molecule has 104 valence electrons. The molecule has 2 aromatic rings. The van der Waals surface area contributed by atoms with Crippen molar-refractivity contribution in [2.75, 3.05) is 0 Å². The first-order valence-corrected chi connectivity index (χ1v) is 7.66. The van der Waals surface area contributed by atoms with E-state index in [1.165, 1.54) is 18.2 Å². The maximum atomic E-state index is 13.4. The van der Waals surface area contributed by atoms with Gasteiger partial charge in [-0.05, 0) is 18.2 Å². The maximum absolute atomic E-state index is 13.4. The fourth-order valence-electron chi connectivity index (χ4n) is 1.43. The van der Waals surface area contributed by atoms with Gasteiger partial charge in [-0.15, -0.1) is 11.3 Å². The molecule has 0 unspecified atom stereocenters. The summed E-state index contributed by atoms with van der Waals surface area (Å²) in [5.41, 5.74) is 0.0343. The highest BCUT2D eigenvalue weighted by Gasteiger charge is 2.17. The van der Waals surface area contributed by atoms with E-state index >= 15 is 0 Å². The van der Waals surface area contributed by atoms with E-state index < -0.39 is 21.7 Å². The molecular formula is C12H8F2N2O2S2. The molecular weight excluding hydrogens is 306 g/mol. The predicted molar refractivity (Wildman–Crippen MR) is 69.4 cm³/mol. The molecule has 1 N–H and O–H groups in total. The molecule has 0 bridgehead atoms. The molecule has 1 aromatic heterocycles. The first-order valence-electron chi connectivity index (χ1n) is 5.36. The summed E-state index contributed by atoms with van der Waals surface area (Å²) in [6.45, 7) is -0.297. The van der Waals surface area contributed by atoms with Crippen molar-refractivity contribution in [1.29, 1.82) is 5.26 Å². The number of nitrogens with one attached hydrogen (secondary N) is 1.